The number of sulfonamides is 1. The van der Waals surface area contributed by atoms with E-state index in [1.54, 1.807) is 56.3 Å². The quantitative estimate of drug-likeness (QED) is 0.330. The molecule has 0 bridgehead atoms. The summed E-state index contributed by atoms with van der Waals surface area (Å²) in [5.74, 6) is -0.965. The fourth-order valence-corrected chi connectivity index (χ4v) is 6.13. The molecule has 1 atom stereocenters. The fraction of sp³-hybridized carbons (Fsp3) is 0.310. The van der Waals surface area contributed by atoms with Gasteiger partial charge in [-0.2, -0.15) is 0 Å². The van der Waals surface area contributed by atoms with Crippen molar-refractivity contribution in [2.75, 3.05) is 17.4 Å². The van der Waals surface area contributed by atoms with Gasteiger partial charge in [0.1, 0.15) is 12.6 Å². The molecule has 208 valence electrons. The molecule has 2 amide bonds. The van der Waals surface area contributed by atoms with Gasteiger partial charge in [0, 0.05) is 28.7 Å². The number of aryl methyl sites for hydroxylation is 3. The minimum absolute atomic E-state index is 0.0533. The summed E-state index contributed by atoms with van der Waals surface area (Å²) < 4.78 is 29.0. The molecule has 0 heterocycles. The lowest BCUT2D eigenvalue weighted by molar-refractivity contribution is -0.139. The van der Waals surface area contributed by atoms with Crippen molar-refractivity contribution in [2.45, 2.75) is 52.1 Å². The maximum Gasteiger partial charge on any atom is 0.264 e. The van der Waals surface area contributed by atoms with Gasteiger partial charge in [0.2, 0.25) is 11.8 Å². The molecule has 0 spiro atoms. The standard InChI is InChI=1S/C29H33Cl2N3O4S/c1-6-32-29(36)22(5)33(17-25-26(30)8-7-9-27(25)31)28(35)18-34(23-15-20(3)14-21(4)16-23)39(37,38)24-12-10-19(2)11-13-24/h7-16,22H,6,17-18H2,1-5H3,(H,32,36)/t22-/m0/s1. The maximum absolute atomic E-state index is 14.0. The normalized spacial score (nSPS) is 12.1. The predicted molar refractivity (Wildman–Crippen MR) is 157 cm³/mol. The highest BCUT2D eigenvalue weighted by Crippen LogP contribution is 2.29. The van der Waals surface area contributed by atoms with Crippen LogP contribution in [0.5, 0.6) is 0 Å². The Morgan fingerprint density at radius 2 is 1.46 bits per heavy atom. The van der Waals surface area contributed by atoms with Crippen molar-refractivity contribution in [3.8, 4) is 0 Å². The number of nitrogens with one attached hydrogen (secondary N) is 1. The summed E-state index contributed by atoms with van der Waals surface area (Å²) in [7, 11) is -4.15. The molecule has 0 aliphatic carbocycles. The summed E-state index contributed by atoms with van der Waals surface area (Å²) in [4.78, 5) is 28.2. The summed E-state index contributed by atoms with van der Waals surface area (Å²) in [6, 6.07) is 15.9. The van der Waals surface area contributed by atoms with Crippen molar-refractivity contribution in [3.05, 3.63) is 93.0 Å². The number of anilines is 1. The number of hydrogen-bond donors (Lipinski definition) is 1. The molecule has 0 saturated carbocycles. The summed E-state index contributed by atoms with van der Waals surface area (Å²) in [6.45, 7) is 8.69. The van der Waals surface area contributed by atoms with Crippen LogP contribution in [-0.2, 0) is 26.2 Å². The van der Waals surface area contributed by atoms with E-state index >= 15 is 0 Å². The van der Waals surface area contributed by atoms with Gasteiger partial charge in [0.15, 0.2) is 0 Å². The van der Waals surface area contributed by atoms with Crippen molar-refractivity contribution in [2.24, 2.45) is 0 Å². The number of carbonyl (C=O) groups is 2. The lowest BCUT2D eigenvalue weighted by atomic mass is 10.1. The number of rotatable bonds is 10. The van der Waals surface area contributed by atoms with Crippen LogP contribution in [0.4, 0.5) is 5.69 Å². The Bertz CT molecular complexity index is 1420. The van der Waals surface area contributed by atoms with E-state index in [2.05, 4.69) is 5.32 Å². The van der Waals surface area contributed by atoms with E-state index in [1.807, 2.05) is 26.8 Å². The monoisotopic (exact) mass is 589 g/mol. The molecule has 10 heteroatoms. The summed E-state index contributed by atoms with van der Waals surface area (Å²) in [6.07, 6.45) is 0. The van der Waals surface area contributed by atoms with Crippen LogP contribution in [0.3, 0.4) is 0 Å². The second kappa shape index (κ2) is 12.9. The Balaban J connectivity index is 2.10. The van der Waals surface area contributed by atoms with E-state index in [0.29, 0.717) is 27.8 Å². The number of nitrogens with zero attached hydrogens (tertiary/aromatic N) is 2. The first kappa shape index (κ1) is 30.5. The fourth-order valence-electron chi connectivity index (χ4n) is 4.22. The van der Waals surface area contributed by atoms with E-state index in [0.717, 1.165) is 21.0 Å². The molecule has 3 aromatic carbocycles. The number of benzene rings is 3. The van der Waals surface area contributed by atoms with Gasteiger partial charge in [-0.1, -0.05) is 53.0 Å². The van der Waals surface area contributed by atoms with Gasteiger partial charge in [0.05, 0.1) is 10.6 Å². The van der Waals surface area contributed by atoms with Crippen molar-refractivity contribution in [3.63, 3.8) is 0 Å². The topological polar surface area (TPSA) is 86.8 Å². The summed E-state index contributed by atoms with van der Waals surface area (Å²) >= 11 is 12.8. The lowest BCUT2D eigenvalue weighted by Crippen LogP contribution is -2.51. The molecular weight excluding hydrogens is 557 g/mol. The second-order valence-electron chi connectivity index (χ2n) is 9.46. The second-order valence-corrected chi connectivity index (χ2v) is 12.1. The molecule has 0 aliphatic rings. The molecule has 3 rings (SSSR count). The molecule has 3 aromatic rings. The Morgan fingerprint density at radius 1 is 0.897 bits per heavy atom. The number of halogens is 2. The smallest absolute Gasteiger partial charge is 0.264 e. The molecule has 0 saturated heterocycles. The van der Waals surface area contributed by atoms with E-state index in [9.17, 15) is 18.0 Å². The third kappa shape index (κ3) is 7.32. The number of likely N-dealkylation sites (N-methyl/N-ethyl adjacent to an activating group) is 1. The summed E-state index contributed by atoms with van der Waals surface area (Å²) in [5, 5.41) is 3.40. The van der Waals surface area contributed by atoms with Crippen LogP contribution in [0.2, 0.25) is 10.0 Å². The van der Waals surface area contributed by atoms with Crippen LogP contribution in [0.25, 0.3) is 0 Å². The first-order valence-corrected chi connectivity index (χ1v) is 14.7. The summed E-state index contributed by atoms with van der Waals surface area (Å²) in [5.41, 5.74) is 3.41. The van der Waals surface area contributed by atoms with Crippen LogP contribution in [0, 0.1) is 20.8 Å². The van der Waals surface area contributed by atoms with Crippen molar-refractivity contribution in [1.29, 1.82) is 0 Å². The number of amides is 2. The Morgan fingerprint density at radius 3 is 2.00 bits per heavy atom. The Labute approximate surface area is 240 Å². The minimum Gasteiger partial charge on any atom is -0.355 e. The third-order valence-electron chi connectivity index (χ3n) is 6.29. The third-order valence-corrected chi connectivity index (χ3v) is 8.79. The highest BCUT2D eigenvalue weighted by atomic mass is 35.5. The predicted octanol–water partition coefficient (Wildman–Crippen LogP) is 5.67. The van der Waals surface area contributed by atoms with Gasteiger partial charge in [0.25, 0.3) is 10.0 Å². The number of hydrogen-bond acceptors (Lipinski definition) is 4. The maximum atomic E-state index is 14.0. The van der Waals surface area contributed by atoms with Crippen LogP contribution < -0.4 is 9.62 Å². The van der Waals surface area contributed by atoms with Crippen molar-refractivity contribution < 1.29 is 18.0 Å². The highest BCUT2D eigenvalue weighted by Gasteiger charge is 2.33. The van der Waals surface area contributed by atoms with E-state index < -0.39 is 28.5 Å². The molecule has 39 heavy (non-hydrogen) atoms. The first-order valence-electron chi connectivity index (χ1n) is 12.5. The zero-order valence-electron chi connectivity index (χ0n) is 22.7. The zero-order chi connectivity index (χ0) is 28.9. The average molecular weight is 591 g/mol. The molecule has 0 fully saturated rings. The van der Waals surface area contributed by atoms with E-state index in [-0.39, 0.29) is 17.3 Å². The average Bonchev–Trinajstić information content (AvgIpc) is 2.86. The Kier molecular flexibility index (Phi) is 10.0. The van der Waals surface area contributed by atoms with Crippen molar-refractivity contribution >= 4 is 50.7 Å². The van der Waals surface area contributed by atoms with Gasteiger partial charge in [-0.05, 0) is 82.1 Å². The molecular formula is C29H33Cl2N3O4S. The zero-order valence-corrected chi connectivity index (χ0v) is 25.0. The lowest BCUT2D eigenvalue weighted by Gasteiger charge is -2.32. The molecule has 7 nitrogen and oxygen atoms in total. The molecule has 1 N–H and O–H groups in total. The van der Waals surface area contributed by atoms with Crippen LogP contribution in [0.1, 0.15) is 36.1 Å². The Hall–Kier alpha value is -3.07. The van der Waals surface area contributed by atoms with Crippen LogP contribution >= 0.6 is 23.2 Å². The van der Waals surface area contributed by atoms with Gasteiger partial charge in [-0.3, -0.25) is 13.9 Å². The van der Waals surface area contributed by atoms with E-state index in [1.165, 1.54) is 17.0 Å². The number of carbonyl (C=O) groups excluding carboxylic acids is 2. The van der Waals surface area contributed by atoms with E-state index in [4.69, 9.17) is 23.2 Å². The molecule has 0 radical (unpaired) electrons. The van der Waals surface area contributed by atoms with Crippen LogP contribution in [-0.4, -0.2) is 44.3 Å². The van der Waals surface area contributed by atoms with Crippen molar-refractivity contribution in [1.82, 2.24) is 10.2 Å². The van der Waals surface area contributed by atoms with Gasteiger partial charge >= 0.3 is 0 Å². The largest absolute Gasteiger partial charge is 0.355 e. The molecule has 0 aromatic heterocycles. The van der Waals surface area contributed by atoms with Crippen LogP contribution in [0.15, 0.2) is 65.6 Å². The SMILES string of the molecule is CCNC(=O)[C@H](C)N(Cc1c(Cl)cccc1Cl)C(=O)CN(c1cc(C)cc(C)c1)S(=O)(=O)c1ccc(C)cc1. The van der Waals surface area contributed by atoms with Gasteiger partial charge < -0.3 is 10.2 Å². The van der Waals surface area contributed by atoms with Gasteiger partial charge in [-0.25, -0.2) is 8.42 Å². The van der Waals surface area contributed by atoms with Gasteiger partial charge in [-0.15, -0.1) is 0 Å². The minimum atomic E-state index is -4.15. The molecule has 0 unspecified atom stereocenters. The molecule has 0 aliphatic heterocycles. The first-order chi connectivity index (χ1) is 18.3. The highest BCUT2D eigenvalue weighted by molar-refractivity contribution is 7.92.